The Hall–Kier alpha value is -3.28. The summed E-state index contributed by atoms with van der Waals surface area (Å²) in [4.78, 5) is 49.0. The number of hydrogen-bond donors (Lipinski definition) is 2. The molecule has 4 aliphatic carbocycles. The molecule has 4 saturated carbocycles. The summed E-state index contributed by atoms with van der Waals surface area (Å²) in [5.41, 5.74) is 4.69. The summed E-state index contributed by atoms with van der Waals surface area (Å²) < 4.78 is 6.73. The number of rotatable bonds is 7. The number of nitro groups is 1. The number of nitrogens with zero attached hydrogens (tertiary/aromatic N) is 3. The molecule has 0 aromatic carbocycles. The number of aromatic nitrogens is 2. The molecule has 0 unspecified atom stereocenters. The lowest BCUT2D eigenvalue weighted by molar-refractivity contribution is -0.385. The van der Waals surface area contributed by atoms with Gasteiger partial charge in [0.2, 0.25) is 5.69 Å². The van der Waals surface area contributed by atoms with E-state index in [0.717, 1.165) is 30.6 Å². The Bertz CT molecular complexity index is 1210. The largest absolute Gasteiger partial charge is 0.462 e. The normalized spacial score (nSPS) is 26.5. The van der Waals surface area contributed by atoms with E-state index < -0.39 is 22.7 Å². The van der Waals surface area contributed by atoms with Gasteiger partial charge >= 0.3 is 11.7 Å². The van der Waals surface area contributed by atoms with Crippen molar-refractivity contribution in [3.8, 4) is 0 Å². The number of nitrogens with one attached hydrogen (secondary N) is 1. The monoisotopic (exact) mass is 501 g/mol. The number of nitrogens with two attached hydrogens (primary N) is 1. The Morgan fingerprint density at radius 1 is 1.26 bits per heavy atom. The molecule has 4 bridgehead atoms. The summed E-state index contributed by atoms with van der Waals surface area (Å²) in [6.45, 7) is 3.25. The lowest BCUT2D eigenvalue weighted by Crippen LogP contribution is -2.52. The third kappa shape index (κ3) is 3.89. The zero-order valence-electron chi connectivity index (χ0n) is 19.5. The zero-order chi connectivity index (χ0) is 25.1. The average molecular weight is 502 g/mol. The lowest BCUT2D eigenvalue weighted by atomic mass is 9.53. The molecule has 4 fully saturated rings. The van der Waals surface area contributed by atoms with Gasteiger partial charge in [-0.05, 0) is 75.7 Å². The fourth-order valence-corrected chi connectivity index (χ4v) is 7.74. The van der Waals surface area contributed by atoms with Crippen LogP contribution in [0.25, 0.3) is 0 Å². The minimum Gasteiger partial charge on any atom is -0.462 e. The van der Waals surface area contributed by atoms with Crippen LogP contribution in [-0.4, -0.2) is 39.1 Å². The van der Waals surface area contributed by atoms with Crippen molar-refractivity contribution in [2.45, 2.75) is 57.9 Å². The van der Waals surface area contributed by atoms with Gasteiger partial charge in [-0.25, -0.2) is 4.79 Å². The molecule has 0 radical (unpaired) electrons. The molecule has 11 nitrogen and oxygen atoms in total. The van der Waals surface area contributed by atoms with Crippen molar-refractivity contribution in [1.29, 1.82) is 0 Å². The highest BCUT2D eigenvalue weighted by atomic mass is 32.1. The van der Waals surface area contributed by atoms with Crippen LogP contribution in [0, 0.1) is 34.8 Å². The molecule has 3 N–H and O–H groups in total. The Morgan fingerprint density at radius 2 is 1.86 bits per heavy atom. The molecule has 4 aliphatic rings. The third-order valence-electron chi connectivity index (χ3n) is 7.68. The van der Waals surface area contributed by atoms with Crippen molar-refractivity contribution in [3.63, 3.8) is 0 Å². The highest BCUT2D eigenvalue weighted by molar-refractivity contribution is 7.18. The fourth-order valence-electron chi connectivity index (χ4n) is 6.70. The van der Waals surface area contributed by atoms with Crippen molar-refractivity contribution in [3.05, 3.63) is 38.0 Å². The second-order valence-corrected chi connectivity index (χ2v) is 11.0. The van der Waals surface area contributed by atoms with E-state index in [1.165, 1.54) is 32.4 Å². The number of hydrogen-bond acceptors (Lipinski definition) is 8. The van der Waals surface area contributed by atoms with Crippen LogP contribution in [0.3, 0.4) is 0 Å². The van der Waals surface area contributed by atoms with Crippen LogP contribution in [0.1, 0.15) is 81.5 Å². The van der Waals surface area contributed by atoms with E-state index in [1.807, 2.05) is 0 Å². The molecule has 6 rings (SSSR count). The summed E-state index contributed by atoms with van der Waals surface area (Å²) in [6, 6.07) is 0. The highest BCUT2D eigenvalue weighted by Crippen LogP contribution is 2.58. The summed E-state index contributed by atoms with van der Waals surface area (Å²) >= 11 is 0.828. The van der Waals surface area contributed by atoms with Crippen LogP contribution in [0.2, 0.25) is 0 Å². The van der Waals surface area contributed by atoms with Gasteiger partial charge in [-0.15, -0.1) is 11.3 Å². The first-order chi connectivity index (χ1) is 16.6. The number of carbonyl (C=O) groups is 3. The maximum atomic E-state index is 13.2. The smallest absolute Gasteiger partial charge is 0.341 e. The molecule has 0 spiro atoms. The van der Waals surface area contributed by atoms with Crippen LogP contribution < -0.4 is 11.1 Å². The second kappa shape index (κ2) is 8.43. The number of thiophene rings is 1. The standard InChI is InChI=1S/C23H27N5O6S/c1-3-34-22(31)16-11(2)18(19(24)29)35-21(16)25-20(30)17-15(28(32)33)10-27(26-17)23-7-12-4-13(8-23)6-14(5-12)9-23/h10,12-14H,3-9H2,1-2H3,(H2,24,29)(H,25,30). The minimum absolute atomic E-state index is 0.00201. The zero-order valence-corrected chi connectivity index (χ0v) is 20.4. The number of anilines is 1. The highest BCUT2D eigenvalue weighted by Gasteiger charge is 2.53. The Morgan fingerprint density at radius 3 is 2.37 bits per heavy atom. The summed E-state index contributed by atoms with van der Waals surface area (Å²) in [7, 11) is 0. The van der Waals surface area contributed by atoms with Gasteiger partial charge in [-0.2, -0.15) is 5.10 Å². The predicted molar refractivity (Wildman–Crippen MR) is 127 cm³/mol. The van der Waals surface area contributed by atoms with E-state index in [2.05, 4.69) is 10.4 Å². The second-order valence-electron chi connectivity index (χ2n) is 10.0. The van der Waals surface area contributed by atoms with Gasteiger partial charge in [0.1, 0.15) is 11.2 Å². The third-order valence-corrected chi connectivity index (χ3v) is 8.90. The van der Waals surface area contributed by atoms with Gasteiger partial charge in [0.15, 0.2) is 0 Å². The van der Waals surface area contributed by atoms with Crippen molar-refractivity contribution in [2.75, 3.05) is 11.9 Å². The number of primary amides is 1. The quantitative estimate of drug-likeness (QED) is 0.333. The van der Waals surface area contributed by atoms with Crippen LogP contribution in [0.5, 0.6) is 0 Å². The molecule has 0 aliphatic heterocycles. The van der Waals surface area contributed by atoms with E-state index in [1.54, 1.807) is 11.6 Å². The van der Waals surface area contributed by atoms with Crippen molar-refractivity contribution in [2.24, 2.45) is 23.5 Å². The lowest BCUT2D eigenvalue weighted by Gasteiger charge is -2.56. The Balaban J connectivity index is 1.50. The summed E-state index contributed by atoms with van der Waals surface area (Å²) in [5, 5.41) is 18.9. The van der Waals surface area contributed by atoms with Crippen molar-refractivity contribution < 1.29 is 24.0 Å². The van der Waals surface area contributed by atoms with Gasteiger partial charge < -0.3 is 15.8 Å². The topological polar surface area (TPSA) is 159 Å². The molecule has 2 aromatic heterocycles. The van der Waals surface area contributed by atoms with E-state index in [4.69, 9.17) is 10.5 Å². The van der Waals surface area contributed by atoms with E-state index in [0.29, 0.717) is 17.8 Å². The molecular formula is C23H27N5O6S. The van der Waals surface area contributed by atoms with Crippen LogP contribution in [0.15, 0.2) is 6.20 Å². The first-order valence-corrected chi connectivity index (χ1v) is 12.6. The average Bonchev–Trinajstić information content (AvgIpc) is 3.36. The van der Waals surface area contributed by atoms with Crippen LogP contribution in [-0.2, 0) is 10.3 Å². The van der Waals surface area contributed by atoms with E-state index in [-0.39, 0.29) is 44.5 Å². The fraction of sp³-hybridized carbons (Fsp3) is 0.565. The minimum atomic E-state index is -0.831. The Kier molecular flexibility index (Phi) is 5.65. The van der Waals surface area contributed by atoms with Gasteiger partial charge in [0, 0.05) is 0 Å². The molecule has 2 amide bonds. The van der Waals surface area contributed by atoms with Gasteiger partial charge in [-0.3, -0.25) is 24.4 Å². The molecule has 2 heterocycles. The molecule has 35 heavy (non-hydrogen) atoms. The molecule has 0 saturated heterocycles. The maximum absolute atomic E-state index is 13.2. The van der Waals surface area contributed by atoms with Crippen molar-refractivity contribution >= 4 is 39.8 Å². The van der Waals surface area contributed by atoms with E-state index in [9.17, 15) is 24.5 Å². The number of amides is 2. The van der Waals surface area contributed by atoms with E-state index >= 15 is 0 Å². The molecular weight excluding hydrogens is 474 g/mol. The van der Waals surface area contributed by atoms with Crippen molar-refractivity contribution in [1.82, 2.24) is 9.78 Å². The molecule has 2 aromatic rings. The van der Waals surface area contributed by atoms with Gasteiger partial charge in [-0.1, -0.05) is 0 Å². The number of ether oxygens (including phenoxy) is 1. The molecule has 12 heteroatoms. The summed E-state index contributed by atoms with van der Waals surface area (Å²) in [6.07, 6.45) is 7.72. The Labute approximate surface area is 205 Å². The van der Waals surface area contributed by atoms with Crippen LogP contribution in [0.4, 0.5) is 10.7 Å². The predicted octanol–water partition coefficient (Wildman–Crippen LogP) is 3.61. The maximum Gasteiger partial charge on any atom is 0.341 e. The van der Waals surface area contributed by atoms with Gasteiger partial charge in [0.05, 0.1) is 27.5 Å². The molecule has 186 valence electrons. The first-order valence-electron chi connectivity index (χ1n) is 11.8. The molecule has 0 atom stereocenters. The number of esters is 1. The SMILES string of the molecule is CCOC(=O)c1c(NC(=O)c2nn(C34CC5CC(CC(C5)C3)C4)cc2[N+](=O)[O-])sc(C(N)=O)c1C. The van der Waals surface area contributed by atoms with Gasteiger partial charge in [0.25, 0.3) is 11.8 Å². The first kappa shape index (κ1) is 23.5. The summed E-state index contributed by atoms with van der Waals surface area (Å²) in [5.74, 6) is -0.531. The number of carbonyl (C=O) groups excluding carboxylic acids is 3. The van der Waals surface area contributed by atoms with Crippen LogP contribution >= 0.6 is 11.3 Å².